The minimum Gasteiger partial charge on any atom is -0.508 e. The standard InChI is InChI=1S/C10H12N2O2/c1-10(12,6-13)8-3-2-7(5-11)4-9(8)14/h2-4,13-14H,6,12H2,1H3/t10-/m1/s1. The van der Waals surface area contributed by atoms with Crippen molar-refractivity contribution in [3.63, 3.8) is 0 Å². The summed E-state index contributed by atoms with van der Waals surface area (Å²) in [4.78, 5) is 0. The summed E-state index contributed by atoms with van der Waals surface area (Å²) in [6.07, 6.45) is 0. The number of nitrogens with two attached hydrogens (primary N) is 1. The zero-order valence-electron chi connectivity index (χ0n) is 7.86. The van der Waals surface area contributed by atoms with E-state index in [9.17, 15) is 5.11 Å². The van der Waals surface area contributed by atoms with Crippen molar-refractivity contribution in [2.24, 2.45) is 5.73 Å². The van der Waals surface area contributed by atoms with Gasteiger partial charge in [0.25, 0.3) is 0 Å². The van der Waals surface area contributed by atoms with Gasteiger partial charge in [-0.1, -0.05) is 6.07 Å². The smallest absolute Gasteiger partial charge is 0.122 e. The Morgan fingerprint density at radius 2 is 2.21 bits per heavy atom. The van der Waals surface area contributed by atoms with E-state index in [2.05, 4.69) is 0 Å². The van der Waals surface area contributed by atoms with E-state index in [1.165, 1.54) is 6.07 Å². The number of rotatable bonds is 2. The average molecular weight is 192 g/mol. The molecular formula is C10H12N2O2. The molecule has 0 bridgehead atoms. The van der Waals surface area contributed by atoms with Crippen LogP contribution in [-0.2, 0) is 5.54 Å². The number of benzene rings is 1. The lowest BCUT2D eigenvalue weighted by Crippen LogP contribution is -2.36. The summed E-state index contributed by atoms with van der Waals surface area (Å²) in [5.41, 5.74) is 5.54. The molecule has 0 saturated carbocycles. The van der Waals surface area contributed by atoms with Crippen LogP contribution in [-0.4, -0.2) is 16.8 Å². The quantitative estimate of drug-likeness (QED) is 0.633. The van der Waals surface area contributed by atoms with Crippen molar-refractivity contribution >= 4 is 0 Å². The lowest BCUT2D eigenvalue weighted by Gasteiger charge is -2.23. The third-order valence-electron chi connectivity index (χ3n) is 2.07. The molecule has 0 aromatic heterocycles. The predicted octanol–water partition coefficient (Wildman–Crippen LogP) is 0.430. The van der Waals surface area contributed by atoms with Crippen molar-refractivity contribution in [3.05, 3.63) is 29.3 Å². The molecule has 4 N–H and O–H groups in total. The molecule has 0 saturated heterocycles. The molecule has 0 aliphatic rings. The zero-order valence-corrected chi connectivity index (χ0v) is 7.86. The van der Waals surface area contributed by atoms with Gasteiger partial charge in [-0.25, -0.2) is 0 Å². The van der Waals surface area contributed by atoms with Gasteiger partial charge in [0, 0.05) is 5.56 Å². The molecule has 1 rings (SSSR count). The van der Waals surface area contributed by atoms with E-state index in [4.69, 9.17) is 16.1 Å². The first-order valence-electron chi connectivity index (χ1n) is 4.14. The van der Waals surface area contributed by atoms with Crippen LogP contribution in [0, 0.1) is 11.3 Å². The van der Waals surface area contributed by atoms with E-state index in [-0.39, 0.29) is 12.4 Å². The number of hydrogen-bond acceptors (Lipinski definition) is 4. The van der Waals surface area contributed by atoms with Gasteiger partial charge in [-0.2, -0.15) is 5.26 Å². The van der Waals surface area contributed by atoms with Crippen LogP contribution in [0.15, 0.2) is 18.2 Å². The van der Waals surface area contributed by atoms with Crippen LogP contribution in [0.2, 0.25) is 0 Å². The highest BCUT2D eigenvalue weighted by atomic mass is 16.3. The lowest BCUT2D eigenvalue weighted by atomic mass is 9.92. The Morgan fingerprint density at radius 3 is 2.64 bits per heavy atom. The molecule has 0 fully saturated rings. The third kappa shape index (κ3) is 1.84. The second-order valence-electron chi connectivity index (χ2n) is 3.42. The van der Waals surface area contributed by atoms with Gasteiger partial charge in [-0.05, 0) is 19.1 Å². The average Bonchev–Trinajstić information content (AvgIpc) is 2.17. The fourth-order valence-corrected chi connectivity index (χ4v) is 1.17. The molecule has 4 nitrogen and oxygen atoms in total. The van der Waals surface area contributed by atoms with Crippen molar-refractivity contribution in [1.82, 2.24) is 0 Å². The molecule has 0 aliphatic heterocycles. The maximum absolute atomic E-state index is 9.55. The third-order valence-corrected chi connectivity index (χ3v) is 2.07. The van der Waals surface area contributed by atoms with Crippen LogP contribution in [0.25, 0.3) is 0 Å². The topological polar surface area (TPSA) is 90.3 Å². The summed E-state index contributed by atoms with van der Waals surface area (Å²) < 4.78 is 0. The SMILES string of the molecule is C[C@@](N)(CO)c1ccc(C#N)cc1O. The molecule has 1 aromatic carbocycles. The molecule has 4 heteroatoms. The number of phenols is 1. The Morgan fingerprint density at radius 1 is 1.57 bits per heavy atom. The molecule has 14 heavy (non-hydrogen) atoms. The van der Waals surface area contributed by atoms with Gasteiger partial charge in [0.1, 0.15) is 5.75 Å². The minimum absolute atomic E-state index is 0.0666. The van der Waals surface area contributed by atoms with E-state index in [1.807, 2.05) is 6.07 Å². The van der Waals surface area contributed by atoms with Crippen molar-refractivity contribution in [1.29, 1.82) is 5.26 Å². The molecule has 0 radical (unpaired) electrons. The van der Waals surface area contributed by atoms with E-state index >= 15 is 0 Å². The fraction of sp³-hybridized carbons (Fsp3) is 0.300. The Bertz CT molecular complexity index is 380. The fourth-order valence-electron chi connectivity index (χ4n) is 1.17. The molecule has 0 amide bonds. The van der Waals surface area contributed by atoms with E-state index in [0.717, 1.165) is 0 Å². The number of hydrogen-bond donors (Lipinski definition) is 3. The number of phenolic OH excluding ortho intramolecular Hbond substituents is 1. The van der Waals surface area contributed by atoms with Crippen LogP contribution in [0.4, 0.5) is 0 Å². The Hall–Kier alpha value is -1.57. The molecule has 1 aromatic rings. The summed E-state index contributed by atoms with van der Waals surface area (Å²) >= 11 is 0. The number of nitrogens with zero attached hydrogens (tertiary/aromatic N) is 1. The van der Waals surface area contributed by atoms with Crippen LogP contribution in [0.1, 0.15) is 18.1 Å². The molecule has 0 unspecified atom stereocenters. The Kier molecular flexibility index (Phi) is 2.75. The maximum atomic E-state index is 9.55. The number of aliphatic hydroxyl groups excluding tert-OH is 1. The first-order chi connectivity index (χ1) is 6.51. The summed E-state index contributed by atoms with van der Waals surface area (Å²) in [5, 5.41) is 27.1. The van der Waals surface area contributed by atoms with Gasteiger partial charge in [-0.15, -0.1) is 0 Å². The van der Waals surface area contributed by atoms with Crippen LogP contribution in [0.3, 0.4) is 0 Å². The van der Waals surface area contributed by atoms with Gasteiger partial charge < -0.3 is 15.9 Å². The molecular weight excluding hydrogens is 180 g/mol. The van der Waals surface area contributed by atoms with Crippen molar-refractivity contribution < 1.29 is 10.2 Å². The monoisotopic (exact) mass is 192 g/mol. The van der Waals surface area contributed by atoms with E-state index in [0.29, 0.717) is 11.1 Å². The summed E-state index contributed by atoms with van der Waals surface area (Å²) in [7, 11) is 0. The molecule has 74 valence electrons. The van der Waals surface area contributed by atoms with Gasteiger partial charge in [-0.3, -0.25) is 0 Å². The number of aromatic hydroxyl groups is 1. The minimum atomic E-state index is -0.988. The lowest BCUT2D eigenvalue weighted by molar-refractivity contribution is 0.207. The second-order valence-corrected chi connectivity index (χ2v) is 3.42. The largest absolute Gasteiger partial charge is 0.508 e. The molecule has 1 atom stereocenters. The summed E-state index contributed by atoms with van der Waals surface area (Å²) in [6, 6.07) is 6.33. The van der Waals surface area contributed by atoms with Gasteiger partial charge in [0.05, 0.1) is 23.8 Å². The van der Waals surface area contributed by atoms with Crippen LogP contribution >= 0.6 is 0 Å². The zero-order chi connectivity index (χ0) is 10.8. The van der Waals surface area contributed by atoms with Crippen LogP contribution in [0.5, 0.6) is 5.75 Å². The van der Waals surface area contributed by atoms with Crippen molar-refractivity contribution in [3.8, 4) is 11.8 Å². The van der Waals surface area contributed by atoms with Crippen molar-refractivity contribution in [2.75, 3.05) is 6.61 Å². The first kappa shape index (κ1) is 10.5. The van der Waals surface area contributed by atoms with E-state index in [1.54, 1.807) is 19.1 Å². The van der Waals surface area contributed by atoms with Gasteiger partial charge >= 0.3 is 0 Å². The highest BCUT2D eigenvalue weighted by Gasteiger charge is 2.23. The molecule has 0 spiro atoms. The first-order valence-corrected chi connectivity index (χ1v) is 4.14. The van der Waals surface area contributed by atoms with Gasteiger partial charge in [0.2, 0.25) is 0 Å². The normalized spacial score (nSPS) is 14.4. The maximum Gasteiger partial charge on any atom is 0.122 e. The number of aliphatic hydroxyl groups is 1. The number of nitriles is 1. The Balaban J connectivity index is 3.20. The second kappa shape index (κ2) is 3.66. The Labute approximate surface area is 82.2 Å². The summed E-state index contributed by atoms with van der Waals surface area (Å²) in [6.45, 7) is 1.33. The summed E-state index contributed by atoms with van der Waals surface area (Å²) in [5.74, 6) is -0.0666. The highest BCUT2D eigenvalue weighted by molar-refractivity contribution is 5.44. The highest BCUT2D eigenvalue weighted by Crippen LogP contribution is 2.27. The predicted molar refractivity (Wildman–Crippen MR) is 51.4 cm³/mol. The molecule has 0 heterocycles. The van der Waals surface area contributed by atoms with Gasteiger partial charge in [0.15, 0.2) is 0 Å². The van der Waals surface area contributed by atoms with E-state index < -0.39 is 5.54 Å². The van der Waals surface area contributed by atoms with Crippen LogP contribution < -0.4 is 5.73 Å². The molecule has 0 aliphatic carbocycles. The van der Waals surface area contributed by atoms with Crippen molar-refractivity contribution in [2.45, 2.75) is 12.5 Å².